The lowest BCUT2D eigenvalue weighted by molar-refractivity contribution is -0.118. The van der Waals surface area contributed by atoms with Gasteiger partial charge >= 0.3 is 5.97 Å². The van der Waals surface area contributed by atoms with Gasteiger partial charge in [-0.25, -0.2) is 4.79 Å². The van der Waals surface area contributed by atoms with Crippen LogP contribution >= 0.6 is 0 Å². The standard InChI is InChI=1S/C14H16N2O3/c1-8-11(14(18)19)3-2-4-12(8)16-13(17)9-5-6-10(15)7-9/h2-6,9-10H,7,15H2,1H3,(H,16,17)(H,18,19). The zero-order valence-electron chi connectivity index (χ0n) is 10.6. The van der Waals surface area contributed by atoms with Crippen molar-refractivity contribution >= 4 is 17.6 Å². The molecule has 0 saturated heterocycles. The van der Waals surface area contributed by atoms with E-state index >= 15 is 0 Å². The Morgan fingerprint density at radius 2 is 2.11 bits per heavy atom. The van der Waals surface area contributed by atoms with E-state index in [9.17, 15) is 9.59 Å². The Bertz CT molecular complexity index is 552. The average Bonchev–Trinajstić information content (AvgIpc) is 2.78. The SMILES string of the molecule is Cc1c(NC(=O)C2C=CC(N)C2)cccc1C(=O)O. The lowest BCUT2D eigenvalue weighted by Gasteiger charge is -2.13. The first-order chi connectivity index (χ1) is 8.99. The number of nitrogens with two attached hydrogens (primary N) is 1. The van der Waals surface area contributed by atoms with Gasteiger partial charge in [0.05, 0.1) is 11.5 Å². The van der Waals surface area contributed by atoms with Gasteiger partial charge in [-0.05, 0) is 31.0 Å². The molecule has 1 amide bonds. The molecule has 100 valence electrons. The van der Waals surface area contributed by atoms with Gasteiger partial charge in [-0.15, -0.1) is 0 Å². The smallest absolute Gasteiger partial charge is 0.336 e. The molecule has 0 bridgehead atoms. The van der Waals surface area contributed by atoms with Gasteiger partial charge in [-0.2, -0.15) is 0 Å². The zero-order chi connectivity index (χ0) is 14.0. The monoisotopic (exact) mass is 260 g/mol. The third kappa shape index (κ3) is 2.82. The number of hydrogen-bond acceptors (Lipinski definition) is 3. The second-order valence-electron chi connectivity index (χ2n) is 4.66. The van der Waals surface area contributed by atoms with Gasteiger partial charge in [0.1, 0.15) is 0 Å². The molecule has 2 rings (SSSR count). The molecule has 0 aromatic heterocycles. The summed E-state index contributed by atoms with van der Waals surface area (Å²) >= 11 is 0. The first-order valence-corrected chi connectivity index (χ1v) is 6.06. The lowest BCUT2D eigenvalue weighted by Crippen LogP contribution is -2.24. The van der Waals surface area contributed by atoms with E-state index in [4.69, 9.17) is 10.8 Å². The van der Waals surface area contributed by atoms with E-state index in [1.807, 2.05) is 6.08 Å². The highest BCUT2D eigenvalue weighted by atomic mass is 16.4. The summed E-state index contributed by atoms with van der Waals surface area (Å²) in [6.45, 7) is 1.68. The molecule has 19 heavy (non-hydrogen) atoms. The number of amides is 1. The molecular weight excluding hydrogens is 244 g/mol. The van der Waals surface area contributed by atoms with E-state index in [0.717, 1.165) is 0 Å². The maximum Gasteiger partial charge on any atom is 0.336 e. The summed E-state index contributed by atoms with van der Waals surface area (Å²) in [4.78, 5) is 23.0. The minimum Gasteiger partial charge on any atom is -0.478 e. The lowest BCUT2D eigenvalue weighted by atomic mass is 10.0. The molecule has 4 N–H and O–H groups in total. The number of carboxylic acid groups (broad SMARTS) is 1. The van der Waals surface area contributed by atoms with Crippen LogP contribution in [0.5, 0.6) is 0 Å². The highest BCUT2D eigenvalue weighted by Crippen LogP contribution is 2.22. The summed E-state index contributed by atoms with van der Waals surface area (Å²) in [7, 11) is 0. The summed E-state index contributed by atoms with van der Waals surface area (Å²) in [6, 6.07) is 4.74. The quantitative estimate of drug-likeness (QED) is 0.719. The van der Waals surface area contributed by atoms with E-state index in [1.165, 1.54) is 6.07 Å². The number of anilines is 1. The van der Waals surface area contributed by atoms with Crippen LogP contribution in [0.25, 0.3) is 0 Å². The summed E-state index contributed by atoms with van der Waals surface area (Å²) in [5.74, 6) is -1.41. The van der Waals surface area contributed by atoms with Crippen molar-refractivity contribution in [3.05, 3.63) is 41.5 Å². The summed E-state index contributed by atoms with van der Waals surface area (Å²) < 4.78 is 0. The van der Waals surface area contributed by atoms with Gasteiger partial charge in [0, 0.05) is 11.7 Å². The summed E-state index contributed by atoms with van der Waals surface area (Å²) in [5.41, 5.74) is 6.97. The van der Waals surface area contributed by atoms with Crippen LogP contribution in [0.1, 0.15) is 22.3 Å². The Labute approximate surface area is 111 Å². The van der Waals surface area contributed by atoms with Gasteiger partial charge in [-0.1, -0.05) is 18.2 Å². The van der Waals surface area contributed by atoms with Crippen LogP contribution in [-0.4, -0.2) is 23.0 Å². The fourth-order valence-electron chi connectivity index (χ4n) is 2.15. The van der Waals surface area contributed by atoms with Crippen molar-refractivity contribution in [3.63, 3.8) is 0 Å². The molecule has 0 aliphatic heterocycles. The van der Waals surface area contributed by atoms with E-state index in [-0.39, 0.29) is 23.4 Å². The molecule has 0 saturated carbocycles. The number of carbonyl (C=O) groups is 2. The fourth-order valence-corrected chi connectivity index (χ4v) is 2.15. The maximum atomic E-state index is 12.0. The molecule has 0 spiro atoms. The van der Waals surface area contributed by atoms with Crippen molar-refractivity contribution in [2.24, 2.45) is 11.7 Å². The first-order valence-electron chi connectivity index (χ1n) is 6.06. The van der Waals surface area contributed by atoms with Crippen LogP contribution in [-0.2, 0) is 4.79 Å². The van der Waals surface area contributed by atoms with Crippen LogP contribution in [0.2, 0.25) is 0 Å². The third-order valence-corrected chi connectivity index (χ3v) is 3.28. The molecule has 2 unspecified atom stereocenters. The maximum absolute atomic E-state index is 12.0. The number of benzene rings is 1. The Kier molecular flexibility index (Phi) is 3.66. The second kappa shape index (κ2) is 5.24. The molecule has 0 heterocycles. The minimum atomic E-state index is -1.00. The van der Waals surface area contributed by atoms with Crippen molar-refractivity contribution in [3.8, 4) is 0 Å². The van der Waals surface area contributed by atoms with Crippen LogP contribution < -0.4 is 11.1 Å². The average molecular weight is 260 g/mol. The molecule has 1 aromatic rings. The summed E-state index contributed by atoms with van der Waals surface area (Å²) in [6.07, 6.45) is 4.19. The summed E-state index contributed by atoms with van der Waals surface area (Å²) in [5, 5.41) is 11.8. The van der Waals surface area contributed by atoms with Crippen LogP contribution in [0.4, 0.5) is 5.69 Å². The Morgan fingerprint density at radius 1 is 1.37 bits per heavy atom. The van der Waals surface area contributed by atoms with E-state index in [1.54, 1.807) is 25.1 Å². The van der Waals surface area contributed by atoms with Crippen molar-refractivity contribution in [2.45, 2.75) is 19.4 Å². The molecule has 2 atom stereocenters. The number of nitrogens with one attached hydrogen (secondary N) is 1. The largest absolute Gasteiger partial charge is 0.478 e. The van der Waals surface area contributed by atoms with E-state index in [0.29, 0.717) is 17.7 Å². The van der Waals surface area contributed by atoms with Crippen molar-refractivity contribution in [2.75, 3.05) is 5.32 Å². The molecule has 5 heteroatoms. The molecule has 1 aliphatic carbocycles. The van der Waals surface area contributed by atoms with Gasteiger partial charge in [0.2, 0.25) is 5.91 Å². The van der Waals surface area contributed by atoms with Gasteiger partial charge in [-0.3, -0.25) is 4.79 Å². The van der Waals surface area contributed by atoms with Gasteiger partial charge < -0.3 is 16.2 Å². The second-order valence-corrected chi connectivity index (χ2v) is 4.66. The first kappa shape index (κ1) is 13.3. The van der Waals surface area contributed by atoms with Gasteiger partial charge in [0.15, 0.2) is 0 Å². The van der Waals surface area contributed by atoms with Crippen LogP contribution in [0.15, 0.2) is 30.4 Å². The predicted octanol–water partition coefficient (Wildman–Crippen LogP) is 1.54. The molecule has 5 nitrogen and oxygen atoms in total. The Balaban J connectivity index is 2.16. The Morgan fingerprint density at radius 3 is 2.68 bits per heavy atom. The van der Waals surface area contributed by atoms with Crippen molar-refractivity contribution in [1.29, 1.82) is 0 Å². The third-order valence-electron chi connectivity index (χ3n) is 3.28. The molecule has 0 radical (unpaired) electrons. The number of aromatic carboxylic acids is 1. The minimum absolute atomic E-state index is 0.0813. The highest BCUT2D eigenvalue weighted by molar-refractivity contribution is 5.97. The number of carboxylic acids is 1. The van der Waals surface area contributed by atoms with Crippen LogP contribution in [0.3, 0.4) is 0 Å². The molecular formula is C14H16N2O3. The van der Waals surface area contributed by atoms with Gasteiger partial charge in [0.25, 0.3) is 0 Å². The zero-order valence-corrected chi connectivity index (χ0v) is 10.6. The Hall–Kier alpha value is -2.14. The molecule has 0 fully saturated rings. The number of rotatable bonds is 3. The number of hydrogen-bond donors (Lipinski definition) is 3. The molecule has 1 aliphatic rings. The van der Waals surface area contributed by atoms with Crippen molar-refractivity contribution in [1.82, 2.24) is 0 Å². The van der Waals surface area contributed by atoms with Crippen LogP contribution in [0, 0.1) is 12.8 Å². The van der Waals surface area contributed by atoms with E-state index < -0.39 is 5.97 Å². The molecule has 1 aromatic carbocycles. The number of carbonyl (C=O) groups excluding carboxylic acids is 1. The topological polar surface area (TPSA) is 92.4 Å². The normalized spacial score (nSPS) is 21.4. The fraction of sp³-hybridized carbons (Fsp3) is 0.286. The van der Waals surface area contributed by atoms with Crippen molar-refractivity contribution < 1.29 is 14.7 Å². The highest BCUT2D eigenvalue weighted by Gasteiger charge is 2.23. The predicted molar refractivity (Wildman–Crippen MR) is 72.0 cm³/mol. The van der Waals surface area contributed by atoms with E-state index in [2.05, 4.69) is 5.32 Å².